The largest absolute Gasteiger partial charge is 0.378 e. The minimum Gasteiger partial charge on any atom is -0.378 e. The van der Waals surface area contributed by atoms with Crippen molar-refractivity contribution in [1.82, 2.24) is 4.98 Å². The summed E-state index contributed by atoms with van der Waals surface area (Å²) < 4.78 is 0. The van der Waals surface area contributed by atoms with E-state index >= 15 is 0 Å². The van der Waals surface area contributed by atoms with Gasteiger partial charge in [-0.15, -0.1) is 11.3 Å². The Labute approximate surface area is 100 Å². The Morgan fingerprint density at radius 2 is 2.31 bits per heavy atom. The van der Waals surface area contributed by atoms with Crippen LogP contribution in [-0.4, -0.2) is 4.98 Å². The van der Waals surface area contributed by atoms with E-state index in [1.165, 1.54) is 16.1 Å². The van der Waals surface area contributed by atoms with Crippen LogP contribution in [-0.2, 0) is 6.42 Å². The Hall–Kier alpha value is -1.35. The van der Waals surface area contributed by atoms with Gasteiger partial charge in [0.25, 0.3) is 0 Å². The number of hydrogen-bond acceptors (Lipinski definition) is 3. The third kappa shape index (κ3) is 2.61. The highest BCUT2D eigenvalue weighted by Gasteiger charge is 2.06. The number of nitrogens with zero attached hydrogens (tertiary/aromatic N) is 1. The van der Waals surface area contributed by atoms with Crippen molar-refractivity contribution in [2.75, 3.05) is 5.32 Å². The molecule has 2 nitrogen and oxygen atoms in total. The normalized spacial score (nSPS) is 12.4. The topological polar surface area (TPSA) is 24.9 Å². The van der Waals surface area contributed by atoms with Gasteiger partial charge in [-0.05, 0) is 31.0 Å². The molecule has 1 heterocycles. The fraction of sp³-hybridized carbons (Fsp3) is 0.308. The predicted molar refractivity (Wildman–Crippen MR) is 70.0 cm³/mol. The number of rotatable bonds is 4. The molecule has 16 heavy (non-hydrogen) atoms. The molecule has 0 bridgehead atoms. The quantitative estimate of drug-likeness (QED) is 0.865. The van der Waals surface area contributed by atoms with Gasteiger partial charge in [0, 0.05) is 16.8 Å². The fourth-order valence-corrected chi connectivity index (χ4v) is 2.27. The smallest absolute Gasteiger partial charge is 0.0795 e. The third-order valence-corrected chi connectivity index (χ3v) is 3.55. The van der Waals surface area contributed by atoms with Crippen LogP contribution in [0.3, 0.4) is 0 Å². The van der Waals surface area contributed by atoms with E-state index in [1.54, 1.807) is 11.3 Å². The predicted octanol–water partition coefficient (Wildman–Crippen LogP) is 3.88. The van der Waals surface area contributed by atoms with E-state index in [4.69, 9.17) is 0 Å². The van der Waals surface area contributed by atoms with Crippen LogP contribution in [0.15, 0.2) is 36.0 Å². The van der Waals surface area contributed by atoms with Crippen LogP contribution in [0, 0.1) is 0 Å². The zero-order chi connectivity index (χ0) is 11.4. The molecule has 0 fully saturated rings. The first-order valence-corrected chi connectivity index (χ1v) is 6.41. The maximum Gasteiger partial charge on any atom is 0.0795 e. The van der Waals surface area contributed by atoms with Crippen LogP contribution in [0.25, 0.3) is 0 Å². The number of hydrogen-bond donors (Lipinski definition) is 1. The van der Waals surface area contributed by atoms with Crippen molar-refractivity contribution in [2.45, 2.75) is 26.3 Å². The van der Waals surface area contributed by atoms with Crippen molar-refractivity contribution in [1.29, 1.82) is 0 Å². The minimum atomic E-state index is 0.319. The number of aromatic nitrogens is 1. The Kier molecular flexibility index (Phi) is 3.57. The van der Waals surface area contributed by atoms with Crippen molar-refractivity contribution < 1.29 is 0 Å². The van der Waals surface area contributed by atoms with E-state index in [-0.39, 0.29) is 0 Å². The van der Waals surface area contributed by atoms with E-state index in [9.17, 15) is 0 Å². The molecule has 1 N–H and O–H groups in total. The van der Waals surface area contributed by atoms with Gasteiger partial charge in [0.1, 0.15) is 0 Å². The summed E-state index contributed by atoms with van der Waals surface area (Å²) in [7, 11) is 0. The number of aryl methyl sites for hydroxylation is 1. The highest BCUT2D eigenvalue weighted by atomic mass is 32.1. The van der Waals surface area contributed by atoms with Crippen molar-refractivity contribution in [3.63, 3.8) is 0 Å². The zero-order valence-corrected chi connectivity index (χ0v) is 10.4. The molecular weight excluding hydrogens is 216 g/mol. The summed E-state index contributed by atoms with van der Waals surface area (Å²) in [6.07, 6.45) is 3.00. The highest BCUT2D eigenvalue weighted by Crippen LogP contribution is 2.22. The van der Waals surface area contributed by atoms with Gasteiger partial charge < -0.3 is 5.32 Å². The lowest BCUT2D eigenvalue weighted by Gasteiger charge is -2.13. The van der Waals surface area contributed by atoms with Gasteiger partial charge in [0.2, 0.25) is 0 Å². The summed E-state index contributed by atoms with van der Waals surface area (Å²) >= 11 is 1.69. The molecule has 0 aliphatic rings. The average Bonchev–Trinajstić information content (AvgIpc) is 2.83. The lowest BCUT2D eigenvalue weighted by atomic mass is 10.1. The van der Waals surface area contributed by atoms with Gasteiger partial charge in [-0.1, -0.05) is 19.1 Å². The monoisotopic (exact) mass is 232 g/mol. The molecule has 3 heteroatoms. The molecule has 2 rings (SSSR count). The number of benzene rings is 1. The molecule has 1 aromatic carbocycles. The first-order chi connectivity index (χ1) is 7.79. The van der Waals surface area contributed by atoms with E-state index in [0.29, 0.717) is 6.04 Å². The molecule has 84 valence electrons. The van der Waals surface area contributed by atoms with Gasteiger partial charge in [0.15, 0.2) is 0 Å². The first-order valence-electron chi connectivity index (χ1n) is 5.53. The molecule has 1 unspecified atom stereocenters. The second-order valence-electron chi connectivity index (χ2n) is 3.82. The summed E-state index contributed by atoms with van der Waals surface area (Å²) in [5.41, 5.74) is 4.41. The van der Waals surface area contributed by atoms with Crippen LogP contribution < -0.4 is 5.32 Å². The highest BCUT2D eigenvalue weighted by molar-refractivity contribution is 7.09. The molecule has 0 aliphatic carbocycles. The number of anilines is 1. The van der Waals surface area contributed by atoms with Crippen molar-refractivity contribution in [3.8, 4) is 0 Å². The molecule has 1 atom stereocenters. The molecule has 1 aromatic heterocycles. The summed E-state index contributed by atoms with van der Waals surface area (Å²) in [4.78, 5) is 5.36. The second-order valence-corrected chi connectivity index (χ2v) is 4.74. The molecule has 0 saturated carbocycles. The van der Waals surface area contributed by atoms with Gasteiger partial charge >= 0.3 is 0 Å². The number of thiazole rings is 1. The van der Waals surface area contributed by atoms with Gasteiger partial charge in [-0.25, -0.2) is 0 Å². The Morgan fingerprint density at radius 1 is 1.44 bits per heavy atom. The fourth-order valence-electron chi connectivity index (χ4n) is 1.64. The first kappa shape index (κ1) is 11.1. The van der Waals surface area contributed by atoms with Crippen molar-refractivity contribution in [3.05, 3.63) is 46.4 Å². The second kappa shape index (κ2) is 5.12. The summed E-state index contributed by atoms with van der Waals surface area (Å²) in [5.74, 6) is 0. The standard InChI is InChI=1S/C13H16N2S/c1-3-11-5-4-6-12(7-11)15-10(2)13-8-14-9-16-13/h4-10,15H,3H2,1-2H3. The summed E-state index contributed by atoms with van der Waals surface area (Å²) in [6.45, 7) is 4.33. The van der Waals surface area contributed by atoms with Gasteiger partial charge in [0.05, 0.1) is 11.6 Å². The van der Waals surface area contributed by atoms with E-state index in [0.717, 1.165) is 6.42 Å². The van der Waals surface area contributed by atoms with Crippen LogP contribution in [0.1, 0.15) is 30.3 Å². The molecule has 0 aliphatic heterocycles. The van der Waals surface area contributed by atoms with Gasteiger partial charge in [-0.2, -0.15) is 0 Å². The third-order valence-electron chi connectivity index (χ3n) is 2.60. The van der Waals surface area contributed by atoms with Crippen LogP contribution in [0.5, 0.6) is 0 Å². The van der Waals surface area contributed by atoms with E-state index < -0.39 is 0 Å². The van der Waals surface area contributed by atoms with Crippen molar-refractivity contribution in [2.24, 2.45) is 0 Å². The number of nitrogens with one attached hydrogen (secondary N) is 1. The molecule has 0 saturated heterocycles. The molecular formula is C13H16N2S. The summed E-state index contributed by atoms with van der Waals surface area (Å²) in [5, 5.41) is 3.49. The van der Waals surface area contributed by atoms with Crippen LogP contribution in [0.4, 0.5) is 5.69 Å². The Balaban J connectivity index is 2.08. The Morgan fingerprint density at radius 3 is 3.00 bits per heavy atom. The molecule has 0 spiro atoms. The zero-order valence-electron chi connectivity index (χ0n) is 9.60. The van der Waals surface area contributed by atoms with Gasteiger partial charge in [-0.3, -0.25) is 4.98 Å². The van der Waals surface area contributed by atoms with Crippen molar-refractivity contribution >= 4 is 17.0 Å². The van der Waals surface area contributed by atoms with Crippen LogP contribution in [0.2, 0.25) is 0 Å². The SMILES string of the molecule is CCc1cccc(NC(C)c2cncs2)c1. The van der Waals surface area contributed by atoms with E-state index in [1.807, 2.05) is 11.7 Å². The minimum absolute atomic E-state index is 0.319. The van der Waals surface area contributed by atoms with E-state index in [2.05, 4.69) is 48.4 Å². The lowest BCUT2D eigenvalue weighted by Crippen LogP contribution is -2.04. The molecule has 0 radical (unpaired) electrons. The Bertz CT molecular complexity index is 437. The lowest BCUT2D eigenvalue weighted by molar-refractivity contribution is 0.902. The maximum atomic E-state index is 4.10. The average molecular weight is 232 g/mol. The summed E-state index contributed by atoms with van der Waals surface area (Å²) in [6, 6.07) is 8.89. The molecule has 2 aromatic rings. The molecule has 0 amide bonds. The van der Waals surface area contributed by atoms with Crippen LogP contribution >= 0.6 is 11.3 Å². The maximum absolute atomic E-state index is 4.10.